The lowest BCUT2D eigenvalue weighted by Crippen LogP contribution is -2.33. The third-order valence-corrected chi connectivity index (χ3v) is 10.4. The molecule has 0 aromatic heterocycles. The molecule has 0 amide bonds. The van der Waals surface area contributed by atoms with Crippen molar-refractivity contribution >= 4 is 0 Å². The minimum Gasteiger partial charge on any atom is -0.344 e. The molecule has 0 N–H and O–H groups in total. The van der Waals surface area contributed by atoms with Crippen LogP contribution in [-0.2, 0) is 9.47 Å². The molecule has 1 aliphatic carbocycles. The van der Waals surface area contributed by atoms with Gasteiger partial charge < -0.3 is 14.4 Å². The number of allylic oxidation sites excluding steroid dienone is 8. The van der Waals surface area contributed by atoms with Crippen LogP contribution >= 0.6 is 0 Å². The first kappa shape index (κ1) is 43.0. The van der Waals surface area contributed by atoms with Gasteiger partial charge >= 0.3 is 0 Å². The second-order valence-electron chi connectivity index (χ2n) is 15.5. The summed E-state index contributed by atoms with van der Waals surface area (Å²) in [5, 5.41) is 0. The molecule has 0 bridgehead atoms. The first-order valence-corrected chi connectivity index (χ1v) is 21.2. The molecule has 0 aromatic rings. The Kier molecular flexibility index (Phi) is 26.5. The molecular weight excluding hydrogens is 587 g/mol. The van der Waals surface area contributed by atoms with E-state index in [9.17, 15) is 0 Å². The van der Waals surface area contributed by atoms with Crippen LogP contribution in [0.1, 0.15) is 194 Å². The third kappa shape index (κ3) is 21.8. The highest BCUT2D eigenvalue weighted by atomic mass is 16.8. The van der Waals surface area contributed by atoms with E-state index in [1.54, 1.807) is 0 Å². The topological polar surface area (TPSA) is 21.7 Å². The van der Waals surface area contributed by atoms with E-state index >= 15 is 0 Å². The number of hydrogen-bond acceptors (Lipinski definition) is 3. The maximum Gasteiger partial charge on any atom is 0.169 e. The van der Waals surface area contributed by atoms with E-state index in [4.69, 9.17) is 9.47 Å². The summed E-state index contributed by atoms with van der Waals surface area (Å²) >= 11 is 0. The van der Waals surface area contributed by atoms with Crippen LogP contribution in [0.25, 0.3) is 0 Å². The van der Waals surface area contributed by atoms with Gasteiger partial charge in [0.2, 0.25) is 0 Å². The predicted octanol–water partition coefficient (Wildman–Crippen LogP) is 13.8. The van der Waals surface area contributed by atoms with Gasteiger partial charge in [-0.05, 0) is 110 Å². The molecule has 0 radical (unpaired) electrons. The van der Waals surface area contributed by atoms with Crippen molar-refractivity contribution in [2.75, 3.05) is 20.6 Å². The molecule has 1 saturated heterocycles. The van der Waals surface area contributed by atoms with Crippen LogP contribution in [0.2, 0.25) is 0 Å². The zero-order valence-electron chi connectivity index (χ0n) is 32.6. The fourth-order valence-electron chi connectivity index (χ4n) is 7.68. The van der Waals surface area contributed by atoms with Gasteiger partial charge in [0.15, 0.2) is 5.79 Å². The zero-order chi connectivity index (χ0) is 34.4. The second kappa shape index (κ2) is 29.6. The molecule has 3 heteroatoms. The van der Waals surface area contributed by atoms with Crippen LogP contribution in [0.4, 0.5) is 0 Å². The molecule has 2 unspecified atom stereocenters. The lowest BCUT2D eigenvalue weighted by Gasteiger charge is -2.30. The minimum absolute atomic E-state index is 0.303. The van der Waals surface area contributed by atoms with E-state index in [-0.39, 0.29) is 5.79 Å². The molecular formula is C45H81NO2. The highest BCUT2D eigenvalue weighted by Crippen LogP contribution is 2.45. The van der Waals surface area contributed by atoms with Crippen molar-refractivity contribution in [1.29, 1.82) is 0 Å². The maximum atomic E-state index is 6.87. The smallest absolute Gasteiger partial charge is 0.169 e. The molecule has 48 heavy (non-hydrogen) atoms. The Hall–Kier alpha value is -1.16. The fraction of sp³-hybridized carbons (Fsp3) is 0.822. The summed E-state index contributed by atoms with van der Waals surface area (Å²) in [4.78, 5) is 2.33. The molecule has 0 aromatic carbocycles. The number of hydrogen-bond donors (Lipinski definition) is 0. The van der Waals surface area contributed by atoms with Crippen LogP contribution < -0.4 is 0 Å². The van der Waals surface area contributed by atoms with E-state index in [1.807, 2.05) is 0 Å². The monoisotopic (exact) mass is 668 g/mol. The van der Waals surface area contributed by atoms with E-state index < -0.39 is 0 Å². The van der Waals surface area contributed by atoms with Crippen LogP contribution in [0.15, 0.2) is 48.6 Å². The Morgan fingerprint density at radius 1 is 0.479 bits per heavy atom. The van der Waals surface area contributed by atoms with Gasteiger partial charge in [-0.25, -0.2) is 0 Å². The number of ether oxygens (including phenoxy) is 2. The van der Waals surface area contributed by atoms with Crippen molar-refractivity contribution in [3.8, 4) is 0 Å². The van der Waals surface area contributed by atoms with Crippen molar-refractivity contribution in [2.45, 2.75) is 212 Å². The van der Waals surface area contributed by atoms with Crippen molar-refractivity contribution < 1.29 is 9.47 Å². The summed E-state index contributed by atoms with van der Waals surface area (Å²) in [6, 6.07) is 0. The Labute approximate surface area is 300 Å². The fourth-order valence-corrected chi connectivity index (χ4v) is 7.68. The van der Waals surface area contributed by atoms with Gasteiger partial charge in [-0.15, -0.1) is 0 Å². The van der Waals surface area contributed by atoms with Gasteiger partial charge in [0, 0.05) is 19.4 Å². The first-order chi connectivity index (χ1) is 23.6. The highest BCUT2D eigenvalue weighted by Gasteiger charge is 2.50. The van der Waals surface area contributed by atoms with Gasteiger partial charge in [-0.2, -0.15) is 0 Å². The average molecular weight is 668 g/mol. The standard InChI is InChI=1S/C45H81NO2/c1-5-7-9-11-13-15-17-19-21-23-25-27-29-31-33-35-37-45(47-43-39-42(41-46(3)4)40-44(43)48-45)38-36-34-32-30-28-26-24-22-20-18-16-14-12-10-8-6-2/h13-16,19-22,42-44H,5-12,17-18,23-41H2,1-4H3/b15-13-,16-14-,21-19-,22-20-/t42?,43-,44?/m1/s1. The van der Waals surface area contributed by atoms with Gasteiger partial charge in [-0.3, -0.25) is 0 Å². The average Bonchev–Trinajstić information content (AvgIpc) is 3.59. The van der Waals surface area contributed by atoms with Crippen LogP contribution in [0, 0.1) is 5.92 Å². The molecule has 2 rings (SSSR count). The predicted molar refractivity (Wildman–Crippen MR) is 212 cm³/mol. The molecule has 1 saturated carbocycles. The molecule has 1 aliphatic heterocycles. The van der Waals surface area contributed by atoms with Gasteiger partial charge in [-0.1, -0.05) is 140 Å². The number of unbranched alkanes of at least 4 members (excludes halogenated alkanes) is 18. The van der Waals surface area contributed by atoms with Crippen molar-refractivity contribution in [3.63, 3.8) is 0 Å². The lowest BCUT2D eigenvalue weighted by atomic mass is 9.98. The quantitative estimate of drug-likeness (QED) is 0.0526. The van der Waals surface area contributed by atoms with Crippen LogP contribution in [-0.4, -0.2) is 43.5 Å². The molecule has 2 fully saturated rings. The normalized spacial score (nSPS) is 21.0. The van der Waals surface area contributed by atoms with Gasteiger partial charge in [0.1, 0.15) is 0 Å². The summed E-state index contributed by atoms with van der Waals surface area (Å²) in [5.74, 6) is 0.417. The minimum atomic E-state index is -0.303. The molecule has 0 spiro atoms. The highest BCUT2D eigenvalue weighted by molar-refractivity contribution is 4.95. The molecule has 278 valence electrons. The van der Waals surface area contributed by atoms with Crippen molar-refractivity contribution in [1.82, 2.24) is 4.90 Å². The number of nitrogens with zero attached hydrogens (tertiary/aromatic N) is 1. The first-order valence-electron chi connectivity index (χ1n) is 21.2. The van der Waals surface area contributed by atoms with E-state index in [2.05, 4.69) is 81.5 Å². The Balaban J connectivity index is 1.57. The van der Waals surface area contributed by atoms with E-state index in [0.29, 0.717) is 12.2 Å². The summed E-state index contributed by atoms with van der Waals surface area (Å²) in [6.45, 7) is 5.70. The number of rotatable bonds is 32. The SMILES string of the molecule is CCCCC/C=C\C/C=C\CCCCCCCCC1(CCCCCCCC/C=C\C/C=C\CCCCC)OC2CC(CN(C)C)C[C@H]2O1. The molecule has 1 heterocycles. The number of fused-ring (bicyclic) bond motifs is 1. The molecule has 2 aliphatic rings. The Bertz CT molecular complexity index is 778. The summed E-state index contributed by atoms with van der Waals surface area (Å²) < 4.78 is 13.7. The van der Waals surface area contributed by atoms with Crippen LogP contribution in [0.3, 0.4) is 0 Å². The zero-order valence-corrected chi connectivity index (χ0v) is 32.6. The van der Waals surface area contributed by atoms with E-state index in [0.717, 1.165) is 38.1 Å². The second-order valence-corrected chi connectivity index (χ2v) is 15.5. The molecule has 3 atom stereocenters. The largest absolute Gasteiger partial charge is 0.344 e. The maximum absolute atomic E-state index is 6.87. The Morgan fingerprint density at radius 3 is 1.21 bits per heavy atom. The summed E-state index contributed by atoms with van der Waals surface area (Å²) in [6.07, 6.45) is 55.2. The van der Waals surface area contributed by atoms with Crippen LogP contribution in [0.5, 0.6) is 0 Å². The Morgan fingerprint density at radius 2 is 0.833 bits per heavy atom. The third-order valence-electron chi connectivity index (χ3n) is 10.4. The molecule has 3 nitrogen and oxygen atoms in total. The van der Waals surface area contributed by atoms with E-state index in [1.165, 1.54) is 154 Å². The van der Waals surface area contributed by atoms with Crippen molar-refractivity contribution in [3.05, 3.63) is 48.6 Å². The van der Waals surface area contributed by atoms with Gasteiger partial charge in [0.05, 0.1) is 12.2 Å². The lowest BCUT2D eigenvalue weighted by molar-refractivity contribution is -0.193. The van der Waals surface area contributed by atoms with Crippen molar-refractivity contribution in [2.24, 2.45) is 5.92 Å². The van der Waals surface area contributed by atoms with Gasteiger partial charge in [0.25, 0.3) is 0 Å². The summed E-state index contributed by atoms with van der Waals surface area (Å²) in [5.41, 5.74) is 0. The summed E-state index contributed by atoms with van der Waals surface area (Å²) in [7, 11) is 4.38.